The molecule has 0 saturated heterocycles. The predicted octanol–water partition coefficient (Wildman–Crippen LogP) is 31.4. The summed E-state index contributed by atoms with van der Waals surface area (Å²) < 4.78 is 10.8. The zero-order chi connectivity index (χ0) is 68.3. The molecular formula is C90H174O5. The zero-order valence-electron chi connectivity index (χ0n) is 65.2. The second-order valence-corrected chi connectivity index (χ2v) is 30.7. The molecule has 1 N–H and O–H groups in total. The van der Waals surface area contributed by atoms with Crippen molar-refractivity contribution in [1.29, 1.82) is 0 Å². The molecule has 0 heterocycles. The van der Waals surface area contributed by atoms with Gasteiger partial charge in [0.1, 0.15) is 6.61 Å². The number of carbonyl (C=O) groups excluding carboxylic acids is 2. The number of unbranched alkanes of at least 4 members (excludes halogenated alkanes) is 73. The lowest BCUT2D eigenvalue weighted by Crippen LogP contribution is -2.28. The molecule has 0 aliphatic carbocycles. The highest BCUT2D eigenvalue weighted by Crippen LogP contribution is 2.22. The molecule has 5 nitrogen and oxygen atoms in total. The molecule has 0 radical (unpaired) electrons. The van der Waals surface area contributed by atoms with Crippen molar-refractivity contribution in [2.75, 3.05) is 13.2 Å². The fraction of sp³-hybridized carbons (Fsp3) is 0.933. The van der Waals surface area contributed by atoms with Gasteiger partial charge in [0, 0.05) is 12.8 Å². The molecule has 1 unspecified atom stereocenters. The number of esters is 2. The molecule has 0 aliphatic rings. The number of hydrogen-bond donors (Lipinski definition) is 1. The summed E-state index contributed by atoms with van der Waals surface area (Å²) in [5.41, 5.74) is 0. The van der Waals surface area contributed by atoms with Gasteiger partial charge in [-0.1, -0.05) is 488 Å². The molecule has 0 saturated carbocycles. The van der Waals surface area contributed by atoms with Gasteiger partial charge < -0.3 is 14.6 Å². The van der Waals surface area contributed by atoms with Gasteiger partial charge >= 0.3 is 11.9 Å². The predicted molar refractivity (Wildman–Crippen MR) is 422 cm³/mol. The summed E-state index contributed by atoms with van der Waals surface area (Å²) >= 11 is 0. The quantitative estimate of drug-likeness (QED) is 0.0373. The smallest absolute Gasteiger partial charge is 0.306 e. The van der Waals surface area contributed by atoms with Crippen molar-refractivity contribution >= 4 is 11.9 Å². The highest BCUT2D eigenvalue weighted by Gasteiger charge is 2.16. The van der Waals surface area contributed by atoms with Crippen molar-refractivity contribution in [3.63, 3.8) is 0 Å². The Morgan fingerprint density at radius 3 is 0.621 bits per heavy atom. The number of ether oxygens (including phenoxy) is 2. The lowest BCUT2D eigenvalue weighted by molar-refractivity contribution is -0.161. The van der Waals surface area contributed by atoms with E-state index < -0.39 is 6.10 Å². The van der Waals surface area contributed by atoms with E-state index in [4.69, 9.17) is 9.47 Å². The van der Waals surface area contributed by atoms with Crippen LogP contribution >= 0.6 is 0 Å². The van der Waals surface area contributed by atoms with Crippen LogP contribution in [0.4, 0.5) is 0 Å². The van der Waals surface area contributed by atoms with Crippen molar-refractivity contribution in [2.24, 2.45) is 0 Å². The van der Waals surface area contributed by atoms with Crippen LogP contribution in [0.1, 0.15) is 521 Å². The molecule has 0 spiro atoms. The Bertz CT molecular complexity index is 1470. The SMILES string of the molecule is CCCCCCC/C=C\C/C=C\CCCCCCCCCCCCCCCCCCCCCCCCCCCCCCCC(=O)OC(CO)COC(=O)CCCCCCCCCCCCCCCCCCCCCCCCCCCCCCCCCCCCCCCCCC. The Hall–Kier alpha value is -1.62. The van der Waals surface area contributed by atoms with E-state index in [1.165, 1.54) is 456 Å². The lowest BCUT2D eigenvalue weighted by atomic mass is 10.0. The van der Waals surface area contributed by atoms with Crippen molar-refractivity contribution in [3.05, 3.63) is 24.3 Å². The van der Waals surface area contributed by atoms with E-state index in [-0.39, 0.29) is 25.2 Å². The Morgan fingerprint density at radius 2 is 0.421 bits per heavy atom. The minimum atomic E-state index is -0.769. The van der Waals surface area contributed by atoms with E-state index in [1.807, 2.05) is 0 Å². The molecule has 0 bridgehead atoms. The Balaban J connectivity index is 3.32. The van der Waals surface area contributed by atoms with Gasteiger partial charge in [-0.2, -0.15) is 0 Å². The van der Waals surface area contributed by atoms with Crippen LogP contribution in [0.2, 0.25) is 0 Å². The van der Waals surface area contributed by atoms with Gasteiger partial charge in [0.15, 0.2) is 6.10 Å². The number of aliphatic hydroxyl groups is 1. The molecule has 0 fully saturated rings. The van der Waals surface area contributed by atoms with Gasteiger partial charge in [-0.05, 0) is 44.9 Å². The molecule has 0 aromatic heterocycles. The Labute approximate surface area is 597 Å². The molecule has 0 aromatic rings. The molecule has 0 amide bonds. The van der Waals surface area contributed by atoms with E-state index in [2.05, 4.69) is 38.2 Å². The number of carbonyl (C=O) groups is 2. The van der Waals surface area contributed by atoms with E-state index in [9.17, 15) is 14.7 Å². The summed E-state index contributed by atoms with van der Waals surface area (Å²) in [7, 11) is 0. The number of aliphatic hydroxyl groups excluding tert-OH is 1. The lowest BCUT2D eigenvalue weighted by Gasteiger charge is -2.15. The first-order valence-electron chi connectivity index (χ1n) is 44.4. The van der Waals surface area contributed by atoms with Gasteiger partial charge in [-0.3, -0.25) is 9.59 Å². The number of allylic oxidation sites excluding steroid dienone is 4. The van der Waals surface area contributed by atoms with Crippen LogP contribution in [0.25, 0.3) is 0 Å². The minimum Gasteiger partial charge on any atom is -0.462 e. The third-order valence-electron chi connectivity index (χ3n) is 21.0. The summed E-state index contributed by atoms with van der Waals surface area (Å²) in [6, 6.07) is 0. The first kappa shape index (κ1) is 93.4. The second kappa shape index (κ2) is 86.6. The third kappa shape index (κ3) is 84.7. The van der Waals surface area contributed by atoms with Gasteiger partial charge in [-0.15, -0.1) is 0 Å². The van der Waals surface area contributed by atoms with Crippen LogP contribution in [-0.4, -0.2) is 36.4 Å². The second-order valence-electron chi connectivity index (χ2n) is 30.7. The van der Waals surface area contributed by atoms with E-state index in [0.717, 1.165) is 38.5 Å². The Kier molecular flexibility index (Phi) is 85.1. The van der Waals surface area contributed by atoms with E-state index >= 15 is 0 Å². The van der Waals surface area contributed by atoms with Gasteiger partial charge in [0.25, 0.3) is 0 Å². The van der Waals surface area contributed by atoms with Crippen LogP contribution in [0.5, 0.6) is 0 Å². The fourth-order valence-electron chi connectivity index (χ4n) is 14.4. The summed E-state index contributed by atoms with van der Waals surface area (Å²) in [4.78, 5) is 24.8. The largest absolute Gasteiger partial charge is 0.462 e. The van der Waals surface area contributed by atoms with E-state index in [0.29, 0.717) is 12.8 Å². The van der Waals surface area contributed by atoms with Crippen LogP contribution in [0.3, 0.4) is 0 Å². The number of rotatable bonds is 85. The van der Waals surface area contributed by atoms with E-state index in [1.54, 1.807) is 0 Å². The van der Waals surface area contributed by atoms with Crippen LogP contribution in [0.15, 0.2) is 24.3 Å². The fourth-order valence-corrected chi connectivity index (χ4v) is 14.4. The molecule has 0 aromatic carbocycles. The van der Waals surface area contributed by atoms with Crippen molar-refractivity contribution < 1.29 is 24.2 Å². The highest BCUT2D eigenvalue weighted by molar-refractivity contribution is 5.70. The van der Waals surface area contributed by atoms with Crippen LogP contribution in [0, 0.1) is 0 Å². The van der Waals surface area contributed by atoms with Crippen LogP contribution < -0.4 is 0 Å². The summed E-state index contributed by atoms with van der Waals surface area (Å²) in [6.07, 6.45) is 116. The maximum atomic E-state index is 12.4. The summed E-state index contributed by atoms with van der Waals surface area (Å²) in [5.74, 6) is -0.556. The molecule has 95 heavy (non-hydrogen) atoms. The normalized spacial score (nSPS) is 12.2. The summed E-state index contributed by atoms with van der Waals surface area (Å²) in [5, 5.41) is 9.75. The van der Waals surface area contributed by atoms with Crippen molar-refractivity contribution in [1.82, 2.24) is 0 Å². The minimum absolute atomic E-state index is 0.0564. The number of hydrogen-bond acceptors (Lipinski definition) is 5. The van der Waals surface area contributed by atoms with Gasteiger partial charge in [-0.25, -0.2) is 0 Å². The first-order chi connectivity index (χ1) is 47.1. The molecule has 5 heteroatoms. The third-order valence-corrected chi connectivity index (χ3v) is 21.0. The molecule has 0 aliphatic heterocycles. The zero-order valence-corrected chi connectivity index (χ0v) is 65.2. The standard InChI is InChI=1S/C90H174O5/c1-3-5-7-9-11-13-15-17-19-21-23-25-27-29-31-33-35-37-39-41-43-45-47-49-51-53-55-57-59-61-63-65-67-69-71-73-75-77-79-81-83-85-90(93)95-88(86-91)87-94-89(92)84-82-80-78-76-74-72-70-68-66-64-62-60-58-56-54-52-50-48-46-44-42-40-38-36-34-32-30-28-26-24-22-20-18-16-14-12-10-8-6-4-2/h15,17,21,23,88,91H,3-14,16,18-20,22,24-87H2,1-2H3/b17-15-,23-21-. The Morgan fingerprint density at radius 1 is 0.242 bits per heavy atom. The molecular weight excluding hydrogens is 1160 g/mol. The van der Waals surface area contributed by atoms with Crippen LogP contribution in [-0.2, 0) is 19.1 Å². The first-order valence-corrected chi connectivity index (χ1v) is 44.4. The average molecular weight is 1340 g/mol. The highest BCUT2D eigenvalue weighted by atomic mass is 16.6. The molecule has 0 rings (SSSR count). The van der Waals surface area contributed by atoms with Gasteiger partial charge in [0.05, 0.1) is 6.61 Å². The summed E-state index contributed by atoms with van der Waals surface area (Å²) in [6.45, 7) is 4.22. The van der Waals surface area contributed by atoms with Crippen molar-refractivity contribution in [3.8, 4) is 0 Å². The maximum absolute atomic E-state index is 12.4. The average Bonchev–Trinajstić information content (AvgIpc) is 3.80. The topological polar surface area (TPSA) is 72.8 Å². The molecule has 564 valence electrons. The van der Waals surface area contributed by atoms with Gasteiger partial charge in [0.2, 0.25) is 0 Å². The maximum Gasteiger partial charge on any atom is 0.306 e. The molecule has 1 atom stereocenters. The van der Waals surface area contributed by atoms with Crippen molar-refractivity contribution in [2.45, 2.75) is 527 Å². The monoisotopic (exact) mass is 1340 g/mol.